The molecular weight excluding hydrogens is 330 g/mol. The summed E-state index contributed by atoms with van der Waals surface area (Å²) in [4.78, 5) is 16.4. The molecule has 1 fully saturated rings. The van der Waals surface area contributed by atoms with Crippen molar-refractivity contribution in [1.29, 1.82) is 0 Å². The van der Waals surface area contributed by atoms with Gasteiger partial charge >= 0.3 is 0 Å². The molecule has 2 aromatic rings. The van der Waals surface area contributed by atoms with Gasteiger partial charge in [0.1, 0.15) is 10.6 Å². The van der Waals surface area contributed by atoms with Crippen molar-refractivity contribution in [3.05, 3.63) is 52.7 Å². The average Bonchev–Trinajstić information content (AvgIpc) is 3.41. The summed E-state index contributed by atoms with van der Waals surface area (Å²) in [7, 11) is -2.29. The molecule has 8 heteroatoms. The molecule has 3 rings (SSSR count). The third-order valence-electron chi connectivity index (χ3n) is 3.90. The molecule has 0 unspecified atom stereocenters. The largest absolute Gasteiger partial charge is 0.495 e. The first-order valence-corrected chi connectivity index (χ1v) is 9.18. The van der Waals surface area contributed by atoms with E-state index in [1.807, 2.05) is 0 Å². The van der Waals surface area contributed by atoms with E-state index in [0.29, 0.717) is 5.92 Å². The van der Waals surface area contributed by atoms with Gasteiger partial charge < -0.3 is 4.74 Å². The summed E-state index contributed by atoms with van der Waals surface area (Å²) in [6.07, 6.45) is 3.64. The molecule has 0 saturated heterocycles. The zero-order valence-electron chi connectivity index (χ0n) is 13.3. The number of nitrogens with zero attached hydrogens (tertiary/aromatic N) is 2. The predicted molar refractivity (Wildman–Crippen MR) is 88.7 cm³/mol. The third-order valence-corrected chi connectivity index (χ3v) is 5.40. The molecule has 0 radical (unpaired) electrons. The summed E-state index contributed by atoms with van der Waals surface area (Å²) in [6, 6.07) is 7.91. The number of aromatic nitrogens is 2. The Morgan fingerprint density at radius 2 is 2.08 bits per heavy atom. The Balaban J connectivity index is 1.66. The van der Waals surface area contributed by atoms with Gasteiger partial charge in [-0.05, 0) is 25.0 Å². The minimum Gasteiger partial charge on any atom is -0.495 e. The fourth-order valence-corrected chi connectivity index (χ4v) is 3.62. The van der Waals surface area contributed by atoms with Gasteiger partial charge in [0.2, 0.25) is 10.0 Å². The number of ether oxygens (including phenoxy) is 1. The second-order valence-corrected chi connectivity index (χ2v) is 7.40. The first-order chi connectivity index (χ1) is 11.5. The maximum atomic E-state index is 12.3. The molecule has 1 aliphatic rings. The van der Waals surface area contributed by atoms with Crippen molar-refractivity contribution in [3.63, 3.8) is 0 Å². The number of nitrogens with one attached hydrogen (secondary N) is 1. The number of sulfonamides is 1. The Morgan fingerprint density at radius 1 is 1.33 bits per heavy atom. The summed E-state index contributed by atoms with van der Waals surface area (Å²) >= 11 is 0. The Bertz CT molecular complexity index is 888. The molecule has 24 heavy (non-hydrogen) atoms. The van der Waals surface area contributed by atoms with E-state index >= 15 is 0 Å². The van der Waals surface area contributed by atoms with Gasteiger partial charge in [-0.3, -0.25) is 9.36 Å². The second-order valence-electron chi connectivity index (χ2n) is 5.67. The third kappa shape index (κ3) is 3.65. The monoisotopic (exact) mass is 349 g/mol. The Hall–Kier alpha value is -2.19. The van der Waals surface area contributed by atoms with Crippen LogP contribution in [-0.4, -0.2) is 31.6 Å². The van der Waals surface area contributed by atoms with Crippen molar-refractivity contribution in [2.45, 2.75) is 30.2 Å². The van der Waals surface area contributed by atoms with Crippen LogP contribution in [0.15, 0.2) is 46.3 Å². The fraction of sp³-hybridized carbons (Fsp3) is 0.375. The minimum absolute atomic E-state index is 0.0713. The van der Waals surface area contributed by atoms with Crippen molar-refractivity contribution in [1.82, 2.24) is 14.3 Å². The molecule has 0 atom stereocenters. The quantitative estimate of drug-likeness (QED) is 0.809. The predicted octanol–water partition coefficient (Wildman–Crippen LogP) is 1.11. The van der Waals surface area contributed by atoms with Crippen molar-refractivity contribution in [2.75, 3.05) is 13.7 Å². The highest BCUT2D eigenvalue weighted by molar-refractivity contribution is 7.89. The summed E-state index contributed by atoms with van der Waals surface area (Å²) < 4.78 is 33.6. The maximum absolute atomic E-state index is 12.3. The second kappa shape index (κ2) is 6.74. The fourth-order valence-electron chi connectivity index (χ4n) is 2.43. The molecular formula is C16H19N3O4S. The topological polar surface area (TPSA) is 90.3 Å². The highest BCUT2D eigenvalue weighted by Gasteiger charge is 2.25. The minimum atomic E-state index is -3.71. The van der Waals surface area contributed by atoms with E-state index in [1.165, 1.54) is 30.1 Å². The van der Waals surface area contributed by atoms with Crippen molar-refractivity contribution < 1.29 is 13.2 Å². The van der Waals surface area contributed by atoms with E-state index in [-0.39, 0.29) is 29.3 Å². The molecule has 1 N–H and O–H groups in total. The molecule has 1 aromatic carbocycles. The SMILES string of the molecule is COc1ccccc1S(=O)(=O)NCCn1cnc(C2CC2)cc1=O. The molecule has 0 aliphatic heterocycles. The number of hydrogen-bond acceptors (Lipinski definition) is 5. The summed E-state index contributed by atoms with van der Waals surface area (Å²) in [5.41, 5.74) is 0.661. The molecule has 0 bridgehead atoms. The molecule has 1 aromatic heterocycles. The van der Waals surface area contributed by atoms with E-state index in [1.54, 1.807) is 18.2 Å². The summed E-state index contributed by atoms with van der Waals surface area (Å²) in [6.45, 7) is 0.301. The molecule has 1 heterocycles. The van der Waals surface area contributed by atoms with Crippen LogP contribution in [0, 0.1) is 0 Å². The zero-order valence-corrected chi connectivity index (χ0v) is 14.1. The van der Waals surface area contributed by atoms with Crippen LogP contribution < -0.4 is 15.0 Å². The van der Waals surface area contributed by atoms with Crippen molar-refractivity contribution >= 4 is 10.0 Å². The Labute approximate surface area is 140 Å². The van der Waals surface area contributed by atoms with E-state index in [9.17, 15) is 13.2 Å². The van der Waals surface area contributed by atoms with Crippen LogP contribution in [0.4, 0.5) is 0 Å². The average molecular weight is 349 g/mol. The number of benzene rings is 1. The van der Waals surface area contributed by atoms with E-state index in [4.69, 9.17) is 4.74 Å². The lowest BCUT2D eigenvalue weighted by atomic mass is 10.3. The van der Waals surface area contributed by atoms with Gasteiger partial charge in [0.05, 0.1) is 19.1 Å². The highest BCUT2D eigenvalue weighted by Crippen LogP contribution is 2.38. The van der Waals surface area contributed by atoms with E-state index < -0.39 is 10.0 Å². The Morgan fingerprint density at radius 3 is 2.75 bits per heavy atom. The number of methoxy groups -OCH3 is 1. The highest BCUT2D eigenvalue weighted by atomic mass is 32.2. The van der Waals surface area contributed by atoms with Gasteiger partial charge in [-0.15, -0.1) is 0 Å². The van der Waals surface area contributed by atoms with Crippen LogP contribution in [0.2, 0.25) is 0 Å². The zero-order chi connectivity index (χ0) is 17.2. The maximum Gasteiger partial charge on any atom is 0.253 e. The lowest BCUT2D eigenvalue weighted by molar-refractivity contribution is 0.402. The summed E-state index contributed by atoms with van der Waals surface area (Å²) in [5.74, 6) is 0.689. The molecule has 0 spiro atoms. The first-order valence-electron chi connectivity index (χ1n) is 7.70. The van der Waals surface area contributed by atoms with Crippen LogP contribution in [0.3, 0.4) is 0 Å². The van der Waals surface area contributed by atoms with Crippen LogP contribution in [0.5, 0.6) is 5.75 Å². The van der Waals surface area contributed by atoms with Gasteiger partial charge in [0.15, 0.2) is 0 Å². The van der Waals surface area contributed by atoms with Gasteiger partial charge in [-0.2, -0.15) is 0 Å². The number of hydrogen-bond donors (Lipinski definition) is 1. The van der Waals surface area contributed by atoms with Gasteiger partial charge in [0, 0.05) is 25.1 Å². The van der Waals surface area contributed by atoms with Crippen molar-refractivity contribution in [3.8, 4) is 5.75 Å². The molecule has 128 valence electrons. The summed E-state index contributed by atoms with van der Waals surface area (Å²) in [5, 5.41) is 0. The molecule has 1 saturated carbocycles. The van der Waals surface area contributed by atoms with E-state index in [0.717, 1.165) is 18.5 Å². The lowest BCUT2D eigenvalue weighted by Crippen LogP contribution is -2.31. The van der Waals surface area contributed by atoms with Gasteiger partial charge in [0.25, 0.3) is 5.56 Å². The first kappa shape index (κ1) is 16.7. The van der Waals surface area contributed by atoms with Crippen LogP contribution in [0.1, 0.15) is 24.5 Å². The molecule has 0 amide bonds. The molecule has 1 aliphatic carbocycles. The van der Waals surface area contributed by atoms with Crippen molar-refractivity contribution in [2.24, 2.45) is 0 Å². The number of rotatable bonds is 7. The Kier molecular flexibility index (Phi) is 4.68. The smallest absolute Gasteiger partial charge is 0.253 e. The molecule has 7 nitrogen and oxygen atoms in total. The lowest BCUT2D eigenvalue weighted by Gasteiger charge is -2.11. The van der Waals surface area contributed by atoms with Crippen LogP contribution >= 0.6 is 0 Å². The van der Waals surface area contributed by atoms with Crippen LogP contribution in [-0.2, 0) is 16.6 Å². The van der Waals surface area contributed by atoms with E-state index in [2.05, 4.69) is 9.71 Å². The van der Waals surface area contributed by atoms with Gasteiger partial charge in [-0.25, -0.2) is 18.1 Å². The van der Waals surface area contributed by atoms with Gasteiger partial charge in [-0.1, -0.05) is 12.1 Å². The normalized spacial score (nSPS) is 14.5. The standard InChI is InChI=1S/C16H19N3O4S/c1-23-14-4-2-3-5-15(14)24(21,22)18-8-9-19-11-17-13(10-16(19)20)12-6-7-12/h2-5,10-12,18H,6-9H2,1H3. The number of para-hydroxylation sites is 1. The van der Waals surface area contributed by atoms with Crippen LogP contribution in [0.25, 0.3) is 0 Å².